The second kappa shape index (κ2) is 10.6. The largest absolute Gasteiger partial charge is 0.368 e. The van der Waals surface area contributed by atoms with Gasteiger partial charge in [0, 0.05) is 37.1 Å². The van der Waals surface area contributed by atoms with Gasteiger partial charge in [-0.3, -0.25) is 9.69 Å². The van der Waals surface area contributed by atoms with Crippen molar-refractivity contribution in [2.24, 2.45) is 0 Å². The highest BCUT2D eigenvalue weighted by atomic mass is 16.1. The summed E-state index contributed by atoms with van der Waals surface area (Å²) in [6.07, 6.45) is 2.42. The summed E-state index contributed by atoms with van der Waals surface area (Å²) in [6, 6.07) is 25.9. The van der Waals surface area contributed by atoms with Crippen LogP contribution in [0.3, 0.4) is 0 Å². The van der Waals surface area contributed by atoms with Gasteiger partial charge in [0.05, 0.1) is 11.6 Å². The fourth-order valence-corrected chi connectivity index (χ4v) is 4.88. The third-order valence-electron chi connectivity index (χ3n) is 7.05. The van der Waals surface area contributed by atoms with Crippen molar-refractivity contribution in [1.82, 2.24) is 10.2 Å². The molecule has 1 N–H and O–H groups in total. The second-order valence-electron chi connectivity index (χ2n) is 9.34. The van der Waals surface area contributed by atoms with Gasteiger partial charge < -0.3 is 10.2 Å². The Bertz CT molecular complexity index is 1240. The third kappa shape index (κ3) is 5.13. The number of amides is 1. The number of hydrogen-bond donors (Lipinski definition) is 1. The molecule has 0 aromatic heterocycles. The van der Waals surface area contributed by atoms with E-state index in [1.165, 1.54) is 5.69 Å². The Morgan fingerprint density at radius 2 is 1.49 bits per heavy atom. The first-order valence-electron chi connectivity index (χ1n) is 12.0. The summed E-state index contributed by atoms with van der Waals surface area (Å²) in [4.78, 5) is 15.9. The maximum Gasteiger partial charge on any atom is 0.211 e. The van der Waals surface area contributed by atoms with Crippen molar-refractivity contribution < 1.29 is 4.79 Å². The van der Waals surface area contributed by atoms with Crippen LogP contribution in [0.1, 0.15) is 31.9 Å². The van der Waals surface area contributed by atoms with Gasteiger partial charge in [0.2, 0.25) is 6.41 Å². The molecule has 3 aromatic rings. The van der Waals surface area contributed by atoms with E-state index in [1.807, 2.05) is 31.2 Å². The lowest BCUT2D eigenvalue weighted by molar-refractivity contribution is -0.108. The molecule has 2 unspecified atom stereocenters. The summed E-state index contributed by atoms with van der Waals surface area (Å²) in [7, 11) is 2.20. The number of carbonyl (C=O) groups excluding carboxylic acids is 1. The highest BCUT2D eigenvalue weighted by Gasteiger charge is 2.26. The van der Waals surface area contributed by atoms with E-state index in [0.717, 1.165) is 46.5 Å². The van der Waals surface area contributed by atoms with Crippen molar-refractivity contribution in [3.63, 3.8) is 0 Å². The predicted octanol–water partition coefficient (Wildman–Crippen LogP) is 5.53. The maximum atomic E-state index is 11.0. The molecule has 1 aliphatic rings. The SMILES string of the molecule is C/C(=C/NC=O)c1c(-c2ccc(C#N)cc2)cccc1-c1ccc(N2CC(C)N(C)C(C)C2)cc1. The molecule has 4 rings (SSSR count). The molecule has 0 aliphatic carbocycles. The molecule has 5 heteroatoms. The number of rotatable bonds is 6. The van der Waals surface area contributed by atoms with E-state index in [0.29, 0.717) is 24.1 Å². The minimum atomic E-state index is 0.507. The fourth-order valence-electron chi connectivity index (χ4n) is 4.88. The van der Waals surface area contributed by atoms with Crippen molar-refractivity contribution in [2.45, 2.75) is 32.9 Å². The smallest absolute Gasteiger partial charge is 0.211 e. The quantitative estimate of drug-likeness (QED) is 0.488. The normalized spacial score (nSPS) is 18.7. The average molecular weight is 465 g/mol. The van der Waals surface area contributed by atoms with Crippen LogP contribution in [-0.2, 0) is 4.79 Å². The third-order valence-corrected chi connectivity index (χ3v) is 7.05. The van der Waals surface area contributed by atoms with Crippen molar-refractivity contribution in [2.75, 3.05) is 25.0 Å². The molecule has 2 atom stereocenters. The number of nitriles is 1. The molecule has 1 aliphatic heterocycles. The number of carbonyl (C=O) groups is 1. The number of piperazine rings is 1. The van der Waals surface area contributed by atoms with E-state index >= 15 is 0 Å². The van der Waals surface area contributed by atoms with Crippen LogP contribution in [0.25, 0.3) is 27.8 Å². The molecular formula is C30H32N4O. The number of nitrogens with zero attached hydrogens (tertiary/aromatic N) is 3. The van der Waals surface area contributed by atoms with Crippen molar-refractivity contribution in [1.29, 1.82) is 5.26 Å². The topological polar surface area (TPSA) is 59.4 Å². The molecule has 3 aromatic carbocycles. The number of benzene rings is 3. The van der Waals surface area contributed by atoms with Crippen LogP contribution < -0.4 is 10.2 Å². The van der Waals surface area contributed by atoms with Gasteiger partial charge in [-0.1, -0.05) is 42.5 Å². The Morgan fingerprint density at radius 1 is 0.943 bits per heavy atom. The highest BCUT2D eigenvalue weighted by molar-refractivity contribution is 5.91. The maximum absolute atomic E-state index is 11.0. The van der Waals surface area contributed by atoms with E-state index in [4.69, 9.17) is 0 Å². The van der Waals surface area contributed by atoms with Crippen LogP contribution >= 0.6 is 0 Å². The Kier molecular flexibility index (Phi) is 7.33. The van der Waals surface area contributed by atoms with Crippen molar-refractivity contribution in [3.8, 4) is 28.3 Å². The Morgan fingerprint density at radius 3 is 2.00 bits per heavy atom. The van der Waals surface area contributed by atoms with Gasteiger partial charge in [-0.15, -0.1) is 0 Å². The van der Waals surface area contributed by atoms with Crippen molar-refractivity contribution >= 4 is 17.7 Å². The summed E-state index contributed by atoms with van der Waals surface area (Å²) in [5.74, 6) is 0. The number of hydrogen-bond acceptors (Lipinski definition) is 4. The molecule has 1 amide bonds. The van der Waals surface area contributed by atoms with E-state index in [-0.39, 0.29) is 0 Å². The number of allylic oxidation sites excluding steroid dienone is 1. The second-order valence-corrected chi connectivity index (χ2v) is 9.34. The molecule has 5 nitrogen and oxygen atoms in total. The minimum absolute atomic E-state index is 0.507. The van der Waals surface area contributed by atoms with Crippen LogP contribution in [0.4, 0.5) is 5.69 Å². The first-order valence-corrected chi connectivity index (χ1v) is 12.0. The van der Waals surface area contributed by atoms with E-state index in [1.54, 1.807) is 6.20 Å². The molecule has 0 radical (unpaired) electrons. The molecule has 35 heavy (non-hydrogen) atoms. The molecule has 0 spiro atoms. The Balaban J connectivity index is 1.75. The molecule has 1 fully saturated rings. The molecule has 178 valence electrons. The zero-order valence-electron chi connectivity index (χ0n) is 20.8. The van der Waals surface area contributed by atoms with Crippen LogP contribution in [-0.4, -0.2) is 43.5 Å². The lowest BCUT2D eigenvalue weighted by Crippen LogP contribution is -2.55. The summed E-state index contributed by atoms with van der Waals surface area (Å²) >= 11 is 0. The van der Waals surface area contributed by atoms with E-state index in [9.17, 15) is 10.1 Å². The van der Waals surface area contributed by atoms with Crippen LogP contribution in [0.15, 0.2) is 72.9 Å². The zero-order chi connectivity index (χ0) is 24.9. The summed E-state index contributed by atoms with van der Waals surface area (Å²) < 4.78 is 0. The van der Waals surface area contributed by atoms with Gasteiger partial charge in [0.1, 0.15) is 0 Å². The van der Waals surface area contributed by atoms with E-state index < -0.39 is 0 Å². The van der Waals surface area contributed by atoms with Crippen molar-refractivity contribution in [3.05, 3.63) is 84.1 Å². The van der Waals surface area contributed by atoms with Crippen LogP contribution in [0.2, 0.25) is 0 Å². The molecular weight excluding hydrogens is 432 g/mol. The van der Waals surface area contributed by atoms with Crippen LogP contribution in [0.5, 0.6) is 0 Å². The van der Waals surface area contributed by atoms with Crippen LogP contribution in [0, 0.1) is 11.3 Å². The van der Waals surface area contributed by atoms with Gasteiger partial charge in [0.25, 0.3) is 0 Å². The Labute approximate surface area is 208 Å². The molecule has 1 heterocycles. The standard InChI is InChI=1S/C30H32N4O/c1-21(17-32-20-35)30-28(25-10-8-24(16-31)9-11-25)6-5-7-29(30)26-12-14-27(15-13-26)34-18-22(2)33(4)23(3)19-34/h5-15,17,20,22-23H,18-19H2,1-4H3,(H,32,35)/b21-17-. The van der Waals surface area contributed by atoms with Gasteiger partial charge in [-0.2, -0.15) is 5.26 Å². The van der Waals surface area contributed by atoms with Gasteiger partial charge in [-0.05, 0) is 85.5 Å². The zero-order valence-corrected chi connectivity index (χ0v) is 20.8. The number of anilines is 1. The first-order chi connectivity index (χ1) is 16.9. The minimum Gasteiger partial charge on any atom is -0.368 e. The lowest BCUT2D eigenvalue weighted by Gasteiger charge is -2.43. The van der Waals surface area contributed by atoms with E-state index in [2.05, 4.69) is 84.5 Å². The predicted molar refractivity (Wildman–Crippen MR) is 144 cm³/mol. The lowest BCUT2D eigenvalue weighted by atomic mass is 9.88. The number of likely N-dealkylation sites (N-methyl/N-ethyl adjacent to an activating group) is 1. The van der Waals surface area contributed by atoms with Gasteiger partial charge >= 0.3 is 0 Å². The fraction of sp³-hybridized carbons (Fsp3) is 0.267. The summed E-state index contributed by atoms with van der Waals surface area (Å²) in [5.41, 5.74) is 8.17. The molecule has 1 saturated heterocycles. The molecule has 0 bridgehead atoms. The Hall–Kier alpha value is -3.88. The monoisotopic (exact) mass is 464 g/mol. The van der Waals surface area contributed by atoms with Gasteiger partial charge in [0.15, 0.2) is 0 Å². The average Bonchev–Trinajstić information content (AvgIpc) is 2.89. The first kappa shape index (κ1) is 24.3. The molecule has 0 saturated carbocycles. The highest BCUT2D eigenvalue weighted by Crippen LogP contribution is 2.37. The summed E-state index contributed by atoms with van der Waals surface area (Å²) in [5, 5.41) is 11.9. The summed E-state index contributed by atoms with van der Waals surface area (Å²) in [6.45, 7) is 8.59. The van der Waals surface area contributed by atoms with Gasteiger partial charge in [-0.25, -0.2) is 0 Å². The number of nitrogens with one attached hydrogen (secondary N) is 1.